The molecule has 134 valence electrons. The van der Waals surface area contributed by atoms with Crippen LogP contribution in [0.5, 0.6) is 0 Å². The molecule has 1 amide bonds. The highest BCUT2D eigenvalue weighted by molar-refractivity contribution is 7.80. The second-order valence-electron chi connectivity index (χ2n) is 7.16. The van der Waals surface area contributed by atoms with Gasteiger partial charge in [-0.2, -0.15) is 0 Å². The molecule has 0 aliphatic carbocycles. The van der Waals surface area contributed by atoms with E-state index in [1.165, 1.54) is 0 Å². The monoisotopic (exact) mass is 347 g/mol. The molecule has 1 atom stereocenters. The first kappa shape index (κ1) is 21.4. The van der Waals surface area contributed by atoms with Crippen molar-refractivity contribution in [2.45, 2.75) is 78.6 Å². The Hall–Kier alpha value is -1.57. The van der Waals surface area contributed by atoms with Gasteiger partial charge in [0, 0.05) is 0 Å². The first-order chi connectivity index (χ1) is 10.3. The SMILES string of the molecule is CCC[C@@H](C(=O)OC(C)(C)C)N(NC(N)=S)C(=O)OC(C)(C)C. The number of ether oxygens (including phenoxy) is 2. The topological polar surface area (TPSA) is 93.9 Å². The standard InChI is InChI=1S/C15H29N3O4S/c1-8-9-10(11(19)21-14(2,3)4)18(17-12(16)23)13(20)22-15(5,6)7/h10H,8-9H2,1-7H3,(H3,16,17,23)/t10-/m0/s1. The van der Waals surface area contributed by atoms with Gasteiger partial charge in [0.05, 0.1) is 0 Å². The molecule has 0 aromatic carbocycles. The Morgan fingerprint density at radius 3 is 1.96 bits per heavy atom. The molecule has 8 heteroatoms. The molecule has 23 heavy (non-hydrogen) atoms. The van der Waals surface area contributed by atoms with E-state index in [4.69, 9.17) is 27.4 Å². The molecule has 0 radical (unpaired) electrons. The summed E-state index contributed by atoms with van der Waals surface area (Å²) >= 11 is 4.80. The van der Waals surface area contributed by atoms with Gasteiger partial charge < -0.3 is 15.2 Å². The second kappa shape index (κ2) is 8.33. The van der Waals surface area contributed by atoms with Crippen LogP contribution in [0.2, 0.25) is 0 Å². The minimum Gasteiger partial charge on any atom is -0.458 e. The van der Waals surface area contributed by atoms with Crippen LogP contribution in [-0.2, 0) is 14.3 Å². The molecular weight excluding hydrogens is 318 g/mol. The molecule has 0 saturated heterocycles. The molecule has 0 fully saturated rings. The average molecular weight is 347 g/mol. The van der Waals surface area contributed by atoms with Crippen molar-refractivity contribution in [3.63, 3.8) is 0 Å². The van der Waals surface area contributed by atoms with Crippen LogP contribution in [0.15, 0.2) is 0 Å². The Bertz CT molecular complexity index is 441. The highest BCUT2D eigenvalue weighted by Crippen LogP contribution is 2.17. The number of nitrogens with two attached hydrogens (primary N) is 1. The zero-order valence-corrected chi connectivity index (χ0v) is 15.9. The Morgan fingerprint density at radius 1 is 1.13 bits per heavy atom. The Labute approximate surface area is 143 Å². The van der Waals surface area contributed by atoms with Gasteiger partial charge >= 0.3 is 12.1 Å². The lowest BCUT2D eigenvalue weighted by Gasteiger charge is -2.33. The maximum Gasteiger partial charge on any atom is 0.430 e. The number of nitrogens with one attached hydrogen (secondary N) is 1. The number of carbonyl (C=O) groups excluding carboxylic acids is 2. The summed E-state index contributed by atoms with van der Waals surface area (Å²) in [5, 5.41) is 0.867. The highest BCUT2D eigenvalue weighted by atomic mass is 32.1. The summed E-state index contributed by atoms with van der Waals surface area (Å²) in [6.45, 7) is 12.3. The van der Waals surface area contributed by atoms with E-state index in [1.54, 1.807) is 41.5 Å². The molecule has 0 aromatic heterocycles. The van der Waals surface area contributed by atoms with Gasteiger partial charge in [0.2, 0.25) is 0 Å². The van der Waals surface area contributed by atoms with Crippen LogP contribution >= 0.6 is 12.2 Å². The van der Waals surface area contributed by atoms with Gasteiger partial charge in [-0.15, -0.1) is 0 Å². The molecule has 0 aliphatic rings. The third-order valence-electron chi connectivity index (χ3n) is 2.37. The van der Waals surface area contributed by atoms with E-state index in [0.29, 0.717) is 12.8 Å². The van der Waals surface area contributed by atoms with Crippen molar-refractivity contribution < 1.29 is 19.1 Å². The fourth-order valence-electron chi connectivity index (χ4n) is 1.68. The number of rotatable bonds is 4. The Kier molecular flexibility index (Phi) is 7.76. The normalized spacial score (nSPS) is 13.0. The lowest BCUT2D eigenvalue weighted by molar-refractivity contribution is -0.162. The molecule has 0 aliphatic heterocycles. The number of nitrogens with zero attached hydrogens (tertiary/aromatic N) is 1. The van der Waals surface area contributed by atoms with Crippen LogP contribution in [0.4, 0.5) is 4.79 Å². The number of hydrazine groups is 1. The largest absolute Gasteiger partial charge is 0.458 e. The maximum absolute atomic E-state index is 12.4. The van der Waals surface area contributed by atoms with Crippen molar-refractivity contribution >= 4 is 29.4 Å². The molecule has 0 saturated carbocycles. The van der Waals surface area contributed by atoms with E-state index in [1.807, 2.05) is 6.92 Å². The molecule has 3 N–H and O–H groups in total. The lowest BCUT2D eigenvalue weighted by Crippen LogP contribution is -2.58. The maximum atomic E-state index is 12.4. The summed E-state index contributed by atoms with van der Waals surface area (Å²) in [7, 11) is 0. The smallest absolute Gasteiger partial charge is 0.430 e. The minimum absolute atomic E-state index is 0.138. The van der Waals surface area contributed by atoms with E-state index in [2.05, 4.69) is 5.43 Å². The number of amides is 1. The van der Waals surface area contributed by atoms with Crippen molar-refractivity contribution in [2.75, 3.05) is 0 Å². The number of hydrogen-bond donors (Lipinski definition) is 2. The minimum atomic E-state index is -0.893. The van der Waals surface area contributed by atoms with Crippen LogP contribution in [0, 0.1) is 0 Å². The molecule has 0 aromatic rings. The van der Waals surface area contributed by atoms with Gasteiger partial charge in [-0.3, -0.25) is 5.43 Å². The molecule has 0 rings (SSSR count). The zero-order valence-electron chi connectivity index (χ0n) is 15.1. The van der Waals surface area contributed by atoms with Gasteiger partial charge in [-0.1, -0.05) is 13.3 Å². The summed E-state index contributed by atoms with van der Waals surface area (Å²) in [4.78, 5) is 24.8. The van der Waals surface area contributed by atoms with Crippen LogP contribution in [0.25, 0.3) is 0 Å². The third kappa shape index (κ3) is 9.22. The van der Waals surface area contributed by atoms with Crippen molar-refractivity contribution in [3.8, 4) is 0 Å². The van der Waals surface area contributed by atoms with Gasteiger partial charge in [-0.25, -0.2) is 14.6 Å². The highest BCUT2D eigenvalue weighted by Gasteiger charge is 2.36. The van der Waals surface area contributed by atoms with Gasteiger partial charge in [0.25, 0.3) is 0 Å². The van der Waals surface area contributed by atoms with Gasteiger partial charge in [-0.05, 0) is 60.2 Å². The number of carbonyl (C=O) groups is 2. The van der Waals surface area contributed by atoms with Crippen LogP contribution in [-0.4, -0.2) is 39.4 Å². The van der Waals surface area contributed by atoms with Crippen molar-refractivity contribution in [3.05, 3.63) is 0 Å². The van der Waals surface area contributed by atoms with Crippen molar-refractivity contribution in [1.82, 2.24) is 10.4 Å². The van der Waals surface area contributed by atoms with E-state index < -0.39 is 29.3 Å². The van der Waals surface area contributed by atoms with Crippen molar-refractivity contribution in [2.24, 2.45) is 5.73 Å². The van der Waals surface area contributed by atoms with E-state index in [0.717, 1.165) is 5.01 Å². The Morgan fingerprint density at radius 2 is 1.61 bits per heavy atom. The third-order valence-corrected chi connectivity index (χ3v) is 2.46. The summed E-state index contributed by atoms with van der Waals surface area (Å²) in [5.41, 5.74) is 6.60. The molecule has 0 unspecified atom stereocenters. The summed E-state index contributed by atoms with van der Waals surface area (Å²) < 4.78 is 10.7. The second-order valence-corrected chi connectivity index (χ2v) is 7.60. The van der Waals surface area contributed by atoms with Gasteiger partial charge in [0.15, 0.2) is 11.2 Å². The van der Waals surface area contributed by atoms with Crippen molar-refractivity contribution in [1.29, 1.82) is 0 Å². The summed E-state index contributed by atoms with van der Waals surface area (Å²) in [6.07, 6.45) is 0.293. The molecule has 0 heterocycles. The average Bonchev–Trinajstić information content (AvgIpc) is 2.28. The molecule has 0 bridgehead atoms. The molecular formula is C15H29N3O4S. The Balaban J connectivity index is 5.44. The van der Waals surface area contributed by atoms with E-state index in [-0.39, 0.29) is 5.11 Å². The zero-order chi connectivity index (χ0) is 18.4. The molecule has 7 nitrogen and oxygen atoms in total. The van der Waals surface area contributed by atoms with Crippen LogP contribution in [0.3, 0.4) is 0 Å². The number of thiocarbonyl (C=S) groups is 1. The first-order valence-electron chi connectivity index (χ1n) is 7.58. The number of hydrogen-bond acceptors (Lipinski definition) is 5. The predicted molar refractivity (Wildman–Crippen MR) is 92.5 cm³/mol. The van der Waals surface area contributed by atoms with Crippen LogP contribution in [0.1, 0.15) is 61.3 Å². The first-order valence-corrected chi connectivity index (χ1v) is 7.99. The summed E-state index contributed by atoms with van der Waals surface area (Å²) in [5.74, 6) is -0.547. The van der Waals surface area contributed by atoms with E-state index >= 15 is 0 Å². The van der Waals surface area contributed by atoms with E-state index in [9.17, 15) is 9.59 Å². The quantitative estimate of drug-likeness (QED) is 0.458. The summed E-state index contributed by atoms with van der Waals surface area (Å²) in [6, 6.07) is -0.893. The predicted octanol–water partition coefficient (Wildman–Crippen LogP) is 2.48. The number of esters is 1. The lowest BCUT2D eigenvalue weighted by atomic mass is 10.1. The fourth-order valence-corrected chi connectivity index (χ4v) is 1.77. The fraction of sp³-hybridized carbons (Fsp3) is 0.800. The van der Waals surface area contributed by atoms with Crippen LogP contribution < -0.4 is 11.2 Å². The van der Waals surface area contributed by atoms with Gasteiger partial charge in [0.1, 0.15) is 11.2 Å². The molecule has 0 spiro atoms.